The first-order chi connectivity index (χ1) is 10.8. The van der Waals surface area contributed by atoms with Crippen LogP contribution in [0.15, 0.2) is 43.0 Å². The molecule has 0 spiro atoms. The van der Waals surface area contributed by atoms with Crippen molar-refractivity contribution in [2.24, 2.45) is 0 Å². The van der Waals surface area contributed by atoms with Crippen LogP contribution in [0.2, 0.25) is 0 Å². The van der Waals surface area contributed by atoms with Gasteiger partial charge in [0.05, 0.1) is 7.11 Å². The number of nitrogens with one attached hydrogen (secondary N) is 1. The summed E-state index contributed by atoms with van der Waals surface area (Å²) < 4.78 is 5.58. The lowest BCUT2D eigenvalue weighted by molar-refractivity contribution is 0.413. The van der Waals surface area contributed by atoms with Crippen LogP contribution in [0.5, 0.6) is 5.75 Å². The number of benzene rings is 2. The van der Waals surface area contributed by atoms with Gasteiger partial charge in [0.2, 0.25) is 0 Å². The molecule has 0 fully saturated rings. The van der Waals surface area contributed by atoms with Crippen molar-refractivity contribution in [1.29, 1.82) is 0 Å². The second-order valence-corrected chi connectivity index (χ2v) is 5.76. The van der Waals surface area contributed by atoms with Crippen LogP contribution < -0.4 is 10.1 Å². The van der Waals surface area contributed by atoms with Gasteiger partial charge in [-0.3, -0.25) is 0 Å². The number of rotatable bonds is 5. The van der Waals surface area contributed by atoms with Crippen LogP contribution in [0, 0.1) is 0 Å². The molecular weight excluding hydrogens is 270 g/mol. The summed E-state index contributed by atoms with van der Waals surface area (Å²) >= 11 is 0. The van der Waals surface area contributed by atoms with E-state index in [1.807, 2.05) is 12.1 Å². The van der Waals surface area contributed by atoms with Gasteiger partial charge in [0.1, 0.15) is 5.75 Å². The average molecular weight is 293 g/mol. The first kappa shape index (κ1) is 14.7. The number of aryl methyl sites for hydroxylation is 1. The van der Waals surface area contributed by atoms with Crippen molar-refractivity contribution in [2.45, 2.75) is 32.2 Å². The third kappa shape index (κ3) is 2.87. The van der Waals surface area contributed by atoms with Crippen LogP contribution in [0.4, 0.5) is 5.69 Å². The molecule has 3 rings (SSSR count). The minimum atomic E-state index is 0.821. The van der Waals surface area contributed by atoms with Crippen molar-refractivity contribution in [3.63, 3.8) is 0 Å². The Bertz CT molecular complexity index is 661. The molecule has 114 valence electrons. The second kappa shape index (κ2) is 6.69. The van der Waals surface area contributed by atoms with Crippen molar-refractivity contribution >= 4 is 11.8 Å². The molecule has 0 bridgehead atoms. The molecule has 2 nitrogen and oxygen atoms in total. The van der Waals surface area contributed by atoms with Crippen molar-refractivity contribution in [1.82, 2.24) is 0 Å². The summed E-state index contributed by atoms with van der Waals surface area (Å²) in [5.74, 6) is 0.922. The Labute approximate surface area is 132 Å². The van der Waals surface area contributed by atoms with E-state index in [1.165, 1.54) is 35.2 Å². The Morgan fingerprint density at radius 2 is 1.95 bits per heavy atom. The Morgan fingerprint density at radius 1 is 1.18 bits per heavy atom. The van der Waals surface area contributed by atoms with Gasteiger partial charge in [-0.15, -0.1) is 0 Å². The van der Waals surface area contributed by atoms with Crippen molar-refractivity contribution in [2.75, 3.05) is 12.4 Å². The van der Waals surface area contributed by atoms with Gasteiger partial charge in [-0.25, -0.2) is 0 Å². The molecule has 2 aromatic rings. The number of hydrogen-bond donors (Lipinski definition) is 1. The lowest BCUT2D eigenvalue weighted by Gasteiger charge is -2.24. The minimum Gasteiger partial charge on any atom is -0.496 e. The van der Waals surface area contributed by atoms with Gasteiger partial charge < -0.3 is 10.1 Å². The molecule has 0 radical (unpaired) electrons. The molecule has 0 saturated carbocycles. The largest absolute Gasteiger partial charge is 0.496 e. The van der Waals surface area contributed by atoms with E-state index in [0.717, 1.165) is 30.7 Å². The van der Waals surface area contributed by atoms with Gasteiger partial charge in [0, 0.05) is 17.8 Å². The number of hydrogen-bond acceptors (Lipinski definition) is 2. The minimum absolute atomic E-state index is 0.821. The standard InChI is InChI=1S/C20H23NO/c1-3-17-19(22-2)13-16-11-7-8-12-18(16)20(17)21-14-15-9-5-4-6-10-15/h3-6,9-10,13,21H,1,7-8,11-12,14H2,2H3. The van der Waals surface area contributed by atoms with Crippen molar-refractivity contribution in [3.05, 3.63) is 65.2 Å². The van der Waals surface area contributed by atoms with E-state index >= 15 is 0 Å². The van der Waals surface area contributed by atoms with Crippen molar-refractivity contribution in [3.8, 4) is 5.75 Å². The zero-order valence-electron chi connectivity index (χ0n) is 13.2. The van der Waals surface area contributed by atoms with E-state index < -0.39 is 0 Å². The number of anilines is 1. The fourth-order valence-electron chi connectivity index (χ4n) is 3.26. The topological polar surface area (TPSA) is 21.3 Å². The van der Waals surface area contributed by atoms with Crippen LogP contribution in [0.3, 0.4) is 0 Å². The molecule has 1 aliphatic carbocycles. The molecule has 0 saturated heterocycles. The van der Waals surface area contributed by atoms with Crippen LogP contribution in [0.1, 0.15) is 35.1 Å². The summed E-state index contributed by atoms with van der Waals surface area (Å²) in [4.78, 5) is 0. The molecule has 1 aliphatic rings. The molecule has 0 aliphatic heterocycles. The predicted molar refractivity (Wildman–Crippen MR) is 93.5 cm³/mol. The van der Waals surface area contributed by atoms with Crippen LogP contribution in [-0.2, 0) is 19.4 Å². The molecule has 0 unspecified atom stereocenters. The summed E-state index contributed by atoms with van der Waals surface area (Å²) in [5.41, 5.74) is 6.43. The van der Waals surface area contributed by atoms with E-state index in [2.05, 4.69) is 42.2 Å². The lowest BCUT2D eigenvalue weighted by atomic mass is 9.88. The second-order valence-electron chi connectivity index (χ2n) is 5.76. The molecule has 0 aromatic heterocycles. The highest BCUT2D eigenvalue weighted by atomic mass is 16.5. The molecule has 2 aromatic carbocycles. The third-order valence-electron chi connectivity index (χ3n) is 4.39. The summed E-state index contributed by atoms with van der Waals surface area (Å²) in [5, 5.41) is 3.63. The fraction of sp³-hybridized carbons (Fsp3) is 0.300. The molecule has 0 atom stereocenters. The van der Waals surface area contributed by atoms with E-state index in [1.54, 1.807) is 7.11 Å². The van der Waals surface area contributed by atoms with Crippen LogP contribution >= 0.6 is 0 Å². The third-order valence-corrected chi connectivity index (χ3v) is 4.39. The van der Waals surface area contributed by atoms with Crippen molar-refractivity contribution < 1.29 is 4.74 Å². The quantitative estimate of drug-likeness (QED) is 0.852. The van der Waals surface area contributed by atoms with Gasteiger partial charge in [0.25, 0.3) is 0 Å². The smallest absolute Gasteiger partial charge is 0.128 e. The molecule has 0 amide bonds. The number of fused-ring (bicyclic) bond motifs is 1. The highest BCUT2D eigenvalue weighted by molar-refractivity contribution is 5.76. The normalized spacial score (nSPS) is 13.3. The van der Waals surface area contributed by atoms with Gasteiger partial charge in [0.15, 0.2) is 0 Å². The van der Waals surface area contributed by atoms with E-state index in [-0.39, 0.29) is 0 Å². The fourth-order valence-corrected chi connectivity index (χ4v) is 3.26. The molecule has 2 heteroatoms. The van der Waals surface area contributed by atoms with Gasteiger partial charge in [-0.1, -0.05) is 43.0 Å². The highest BCUT2D eigenvalue weighted by Crippen LogP contribution is 2.38. The van der Waals surface area contributed by atoms with Crippen LogP contribution in [0.25, 0.3) is 6.08 Å². The van der Waals surface area contributed by atoms with Gasteiger partial charge in [-0.2, -0.15) is 0 Å². The lowest BCUT2D eigenvalue weighted by Crippen LogP contribution is -2.11. The van der Waals surface area contributed by atoms with E-state index in [9.17, 15) is 0 Å². The highest BCUT2D eigenvalue weighted by Gasteiger charge is 2.19. The average Bonchev–Trinajstić information content (AvgIpc) is 2.59. The Morgan fingerprint density at radius 3 is 2.68 bits per heavy atom. The first-order valence-corrected chi connectivity index (χ1v) is 7.96. The van der Waals surface area contributed by atoms with E-state index in [0.29, 0.717) is 0 Å². The summed E-state index contributed by atoms with van der Waals surface area (Å²) in [6.45, 7) is 4.80. The maximum Gasteiger partial charge on any atom is 0.128 e. The first-order valence-electron chi connectivity index (χ1n) is 7.96. The summed E-state index contributed by atoms with van der Waals surface area (Å²) in [7, 11) is 1.73. The Balaban J connectivity index is 1.98. The predicted octanol–water partition coefficient (Wildman–Crippen LogP) is 4.83. The van der Waals surface area contributed by atoms with Gasteiger partial charge in [-0.05, 0) is 48.4 Å². The Hall–Kier alpha value is -2.22. The maximum absolute atomic E-state index is 5.58. The zero-order chi connectivity index (χ0) is 15.4. The monoisotopic (exact) mass is 293 g/mol. The number of ether oxygens (including phenoxy) is 1. The van der Waals surface area contributed by atoms with E-state index in [4.69, 9.17) is 4.74 Å². The van der Waals surface area contributed by atoms with Gasteiger partial charge >= 0.3 is 0 Å². The Kier molecular flexibility index (Phi) is 4.47. The summed E-state index contributed by atoms with van der Waals surface area (Å²) in [6.07, 6.45) is 6.71. The molecule has 22 heavy (non-hydrogen) atoms. The molecule has 0 heterocycles. The summed E-state index contributed by atoms with van der Waals surface area (Å²) in [6, 6.07) is 12.7. The maximum atomic E-state index is 5.58. The molecule has 1 N–H and O–H groups in total. The number of methoxy groups -OCH3 is 1. The molecular formula is C20H23NO. The van der Waals surface area contributed by atoms with Crippen LogP contribution in [-0.4, -0.2) is 7.11 Å². The zero-order valence-corrected chi connectivity index (χ0v) is 13.2. The SMILES string of the molecule is C=Cc1c(OC)cc2c(c1NCc1ccccc1)CCCC2.